The van der Waals surface area contributed by atoms with Crippen LogP contribution in [0.5, 0.6) is 0 Å². The van der Waals surface area contributed by atoms with Crippen LogP contribution in [0.15, 0.2) is 69.0 Å². The number of amides is 1. The highest BCUT2D eigenvalue weighted by Crippen LogP contribution is 2.26. The standard InChI is InChI=1S/C22H21N5O3S/c1-2-12-23-18(28)14-31-22-25-24-20(30-22)19-16-10-6-7-11-17(16)21(29)27(26-19)13-15-8-4-3-5-9-15/h3-11H,2,12-14H2,1H3,(H,23,28). The first-order valence-electron chi connectivity index (χ1n) is 9.93. The molecule has 4 aromatic rings. The zero-order valence-corrected chi connectivity index (χ0v) is 17.8. The maximum Gasteiger partial charge on any atom is 0.277 e. The molecule has 8 nitrogen and oxygen atoms in total. The minimum Gasteiger partial charge on any atom is -0.409 e. The van der Waals surface area contributed by atoms with Crippen LogP contribution >= 0.6 is 11.8 Å². The van der Waals surface area contributed by atoms with E-state index in [1.807, 2.05) is 49.4 Å². The molecule has 0 spiro atoms. The minimum atomic E-state index is -0.190. The Morgan fingerprint density at radius 1 is 1.06 bits per heavy atom. The summed E-state index contributed by atoms with van der Waals surface area (Å²) < 4.78 is 7.17. The molecule has 0 aliphatic heterocycles. The molecule has 0 unspecified atom stereocenters. The van der Waals surface area contributed by atoms with Crippen LogP contribution in [-0.4, -0.2) is 38.2 Å². The molecule has 2 aromatic carbocycles. The molecule has 1 amide bonds. The van der Waals surface area contributed by atoms with Crippen LogP contribution in [0.4, 0.5) is 0 Å². The molecule has 4 rings (SSSR count). The Hall–Kier alpha value is -3.46. The van der Waals surface area contributed by atoms with Gasteiger partial charge in [-0.15, -0.1) is 10.2 Å². The fourth-order valence-corrected chi connectivity index (χ4v) is 3.66. The lowest BCUT2D eigenvalue weighted by Gasteiger charge is -2.09. The highest BCUT2D eigenvalue weighted by Gasteiger charge is 2.18. The number of aromatic nitrogens is 4. The highest BCUT2D eigenvalue weighted by molar-refractivity contribution is 7.99. The summed E-state index contributed by atoms with van der Waals surface area (Å²) >= 11 is 1.16. The fourth-order valence-electron chi connectivity index (χ4n) is 3.06. The maximum absolute atomic E-state index is 13.0. The van der Waals surface area contributed by atoms with Gasteiger partial charge in [0.1, 0.15) is 0 Å². The van der Waals surface area contributed by atoms with Gasteiger partial charge in [-0.3, -0.25) is 9.59 Å². The van der Waals surface area contributed by atoms with Gasteiger partial charge in [-0.1, -0.05) is 67.2 Å². The molecule has 0 aliphatic carbocycles. The van der Waals surface area contributed by atoms with E-state index in [0.29, 0.717) is 29.6 Å². The lowest BCUT2D eigenvalue weighted by Crippen LogP contribution is -2.25. The zero-order chi connectivity index (χ0) is 21.6. The second-order valence-corrected chi connectivity index (χ2v) is 7.78. The molecular weight excluding hydrogens is 414 g/mol. The smallest absolute Gasteiger partial charge is 0.277 e. The summed E-state index contributed by atoms with van der Waals surface area (Å²) in [5.74, 6) is 0.296. The average molecular weight is 436 g/mol. The van der Waals surface area contributed by atoms with Gasteiger partial charge in [0, 0.05) is 11.9 Å². The molecule has 1 N–H and O–H groups in total. The molecule has 0 saturated heterocycles. The van der Waals surface area contributed by atoms with Crippen LogP contribution in [0.2, 0.25) is 0 Å². The van der Waals surface area contributed by atoms with Crippen molar-refractivity contribution in [2.45, 2.75) is 25.1 Å². The van der Waals surface area contributed by atoms with Crippen LogP contribution in [0.25, 0.3) is 22.4 Å². The quantitative estimate of drug-likeness (QED) is 0.424. The van der Waals surface area contributed by atoms with E-state index < -0.39 is 0 Å². The Bertz CT molecular complexity index is 1250. The molecule has 0 saturated carbocycles. The van der Waals surface area contributed by atoms with Crippen LogP contribution < -0.4 is 10.9 Å². The van der Waals surface area contributed by atoms with Gasteiger partial charge in [-0.2, -0.15) is 5.10 Å². The van der Waals surface area contributed by atoms with E-state index >= 15 is 0 Å². The molecule has 2 aromatic heterocycles. The summed E-state index contributed by atoms with van der Waals surface area (Å²) in [5, 5.41) is 16.9. The Labute approximate surface area is 182 Å². The lowest BCUT2D eigenvalue weighted by atomic mass is 10.1. The first kappa shape index (κ1) is 20.8. The van der Waals surface area contributed by atoms with Gasteiger partial charge in [0.05, 0.1) is 17.7 Å². The van der Waals surface area contributed by atoms with Crippen molar-refractivity contribution in [1.29, 1.82) is 0 Å². The summed E-state index contributed by atoms with van der Waals surface area (Å²) in [5.41, 5.74) is 1.20. The van der Waals surface area contributed by atoms with Crippen molar-refractivity contribution < 1.29 is 9.21 Å². The highest BCUT2D eigenvalue weighted by atomic mass is 32.2. The van der Waals surface area contributed by atoms with Crippen LogP contribution in [0.1, 0.15) is 18.9 Å². The summed E-state index contributed by atoms with van der Waals surface area (Å²) in [4.78, 5) is 24.8. The van der Waals surface area contributed by atoms with Crippen molar-refractivity contribution in [1.82, 2.24) is 25.3 Å². The van der Waals surface area contributed by atoms with Gasteiger partial charge in [0.25, 0.3) is 16.7 Å². The Balaban J connectivity index is 1.66. The zero-order valence-electron chi connectivity index (χ0n) is 16.9. The molecule has 0 bridgehead atoms. The molecule has 0 radical (unpaired) electrons. The number of fused-ring (bicyclic) bond motifs is 1. The van der Waals surface area contributed by atoms with Gasteiger partial charge < -0.3 is 9.73 Å². The van der Waals surface area contributed by atoms with Crippen molar-refractivity contribution in [3.8, 4) is 11.6 Å². The summed E-state index contributed by atoms with van der Waals surface area (Å²) in [6.07, 6.45) is 0.874. The largest absolute Gasteiger partial charge is 0.409 e. The fraction of sp³-hybridized carbons (Fsp3) is 0.227. The Morgan fingerprint density at radius 2 is 1.81 bits per heavy atom. The SMILES string of the molecule is CCCNC(=O)CSc1nnc(-c2nn(Cc3ccccc3)c(=O)c3ccccc23)o1. The number of thioether (sulfide) groups is 1. The van der Waals surface area contributed by atoms with Gasteiger partial charge >= 0.3 is 0 Å². The van der Waals surface area contributed by atoms with Crippen LogP contribution in [0.3, 0.4) is 0 Å². The second kappa shape index (κ2) is 9.57. The third-order valence-electron chi connectivity index (χ3n) is 4.55. The van der Waals surface area contributed by atoms with Crippen molar-refractivity contribution in [2.24, 2.45) is 0 Å². The Morgan fingerprint density at radius 3 is 2.58 bits per heavy atom. The number of hydrogen-bond acceptors (Lipinski definition) is 7. The number of hydrogen-bond donors (Lipinski definition) is 1. The predicted octanol–water partition coefficient (Wildman–Crippen LogP) is 3.11. The third kappa shape index (κ3) is 4.83. The van der Waals surface area contributed by atoms with Gasteiger partial charge in [0.15, 0.2) is 5.69 Å². The Kier molecular flexibility index (Phi) is 6.42. The topological polar surface area (TPSA) is 103 Å². The monoisotopic (exact) mass is 435 g/mol. The number of carbonyl (C=O) groups is 1. The molecular formula is C22H21N5O3S. The van der Waals surface area contributed by atoms with E-state index in [2.05, 4.69) is 20.6 Å². The molecule has 0 fully saturated rings. The number of nitrogens with one attached hydrogen (secondary N) is 1. The second-order valence-electron chi connectivity index (χ2n) is 6.85. The number of nitrogens with zero attached hydrogens (tertiary/aromatic N) is 4. The van der Waals surface area contributed by atoms with Gasteiger partial charge in [0.2, 0.25) is 5.91 Å². The first-order chi connectivity index (χ1) is 15.2. The van der Waals surface area contributed by atoms with E-state index in [-0.39, 0.29) is 28.3 Å². The molecule has 31 heavy (non-hydrogen) atoms. The number of rotatable bonds is 8. The van der Waals surface area contributed by atoms with Crippen molar-refractivity contribution in [3.05, 3.63) is 70.5 Å². The first-order valence-corrected chi connectivity index (χ1v) is 10.9. The molecule has 9 heteroatoms. The van der Waals surface area contributed by atoms with Crippen LogP contribution in [0, 0.1) is 0 Å². The number of carbonyl (C=O) groups excluding carboxylic acids is 1. The van der Waals surface area contributed by atoms with Crippen molar-refractivity contribution >= 4 is 28.4 Å². The van der Waals surface area contributed by atoms with E-state index in [1.54, 1.807) is 12.1 Å². The van der Waals surface area contributed by atoms with Crippen molar-refractivity contribution in [2.75, 3.05) is 12.3 Å². The average Bonchev–Trinajstić information content (AvgIpc) is 3.28. The van der Waals surface area contributed by atoms with Crippen molar-refractivity contribution in [3.63, 3.8) is 0 Å². The summed E-state index contributed by atoms with van der Waals surface area (Å²) in [6.45, 7) is 2.95. The number of benzene rings is 2. The van der Waals surface area contributed by atoms with Gasteiger partial charge in [-0.25, -0.2) is 4.68 Å². The third-order valence-corrected chi connectivity index (χ3v) is 5.37. The summed E-state index contributed by atoms with van der Waals surface area (Å²) in [6, 6.07) is 16.8. The van der Waals surface area contributed by atoms with Gasteiger partial charge in [-0.05, 0) is 18.1 Å². The van der Waals surface area contributed by atoms with E-state index in [0.717, 1.165) is 23.7 Å². The van der Waals surface area contributed by atoms with E-state index in [1.165, 1.54) is 4.68 Å². The summed E-state index contributed by atoms with van der Waals surface area (Å²) in [7, 11) is 0. The maximum atomic E-state index is 13.0. The minimum absolute atomic E-state index is 0.0911. The van der Waals surface area contributed by atoms with Crippen LogP contribution in [-0.2, 0) is 11.3 Å². The molecule has 0 aliphatic rings. The molecule has 2 heterocycles. The predicted molar refractivity (Wildman–Crippen MR) is 119 cm³/mol. The lowest BCUT2D eigenvalue weighted by molar-refractivity contribution is -0.118. The molecule has 158 valence electrons. The van der Waals surface area contributed by atoms with E-state index in [9.17, 15) is 9.59 Å². The molecule has 0 atom stereocenters. The normalized spacial score (nSPS) is 11.0. The van der Waals surface area contributed by atoms with E-state index in [4.69, 9.17) is 4.42 Å².